The quantitative estimate of drug-likeness (QED) is 0.659. The highest BCUT2D eigenvalue weighted by Gasteiger charge is 2.18. The summed E-state index contributed by atoms with van der Waals surface area (Å²) in [6, 6.07) is 0. The van der Waals surface area contributed by atoms with Crippen molar-refractivity contribution in [2.75, 3.05) is 13.2 Å². The van der Waals surface area contributed by atoms with E-state index in [9.17, 15) is 4.79 Å². The first kappa shape index (κ1) is 12.5. The first-order valence-electron chi connectivity index (χ1n) is 6.10. The van der Waals surface area contributed by atoms with E-state index in [0.717, 1.165) is 25.2 Å². The van der Waals surface area contributed by atoms with E-state index in [-0.39, 0.29) is 11.9 Å². The minimum absolute atomic E-state index is 0.00920. The third kappa shape index (κ3) is 4.65. The zero-order chi connectivity index (χ0) is 11.1. The molecule has 3 nitrogen and oxygen atoms in total. The molecule has 0 aromatic rings. The van der Waals surface area contributed by atoms with Gasteiger partial charge in [-0.3, -0.25) is 4.79 Å². The van der Waals surface area contributed by atoms with E-state index in [2.05, 4.69) is 0 Å². The summed E-state index contributed by atoms with van der Waals surface area (Å²) < 4.78 is 5.23. The fourth-order valence-electron chi connectivity index (χ4n) is 1.79. The van der Waals surface area contributed by atoms with Gasteiger partial charge in [-0.2, -0.15) is 0 Å². The predicted molar refractivity (Wildman–Crippen MR) is 60.4 cm³/mol. The van der Waals surface area contributed by atoms with Crippen molar-refractivity contribution in [3.8, 4) is 0 Å². The minimum atomic E-state index is -0.0530. The molecule has 1 atom stereocenters. The molecule has 0 aromatic heterocycles. The van der Waals surface area contributed by atoms with E-state index in [0.29, 0.717) is 13.2 Å². The Bertz CT molecular complexity index is 190. The van der Waals surface area contributed by atoms with Crippen LogP contribution in [0.25, 0.3) is 0 Å². The van der Waals surface area contributed by atoms with Gasteiger partial charge in [0.2, 0.25) is 0 Å². The number of ether oxygens (including phenoxy) is 1. The lowest BCUT2D eigenvalue weighted by atomic mass is 9.83. The van der Waals surface area contributed by atoms with Crippen LogP contribution in [-0.2, 0) is 9.53 Å². The molecule has 88 valence electrons. The maximum absolute atomic E-state index is 11.5. The largest absolute Gasteiger partial charge is 0.465 e. The normalized spacial score (nSPS) is 18.3. The molecule has 0 saturated heterocycles. The van der Waals surface area contributed by atoms with Crippen LogP contribution in [0.15, 0.2) is 0 Å². The van der Waals surface area contributed by atoms with Crippen molar-refractivity contribution in [1.82, 2.24) is 0 Å². The number of carbonyl (C=O) groups is 1. The molecule has 0 radical (unpaired) electrons. The second-order valence-electron chi connectivity index (χ2n) is 4.59. The van der Waals surface area contributed by atoms with Gasteiger partial charge in [0.25, 0.3) is 0 Å². The van der Waals surface area contributed by atoms with Crippen LogP contribution >= 0.6 is 0 Å². The molecular formula is C12H23NO2. The van der Waals surface area contributed by atoms with Crippen LogP contribution in [0.5, 0.6) is 0 Å². The van der Waals surface area contributed by atoms with Crippen molar-refractivity contribution in [3.63, 3.8) is 0 Å². The van der Waals surface area contributed by atoms with Gasteiger partial charge in [-0.15, -0.1) is 0 Å². The van der Waals surface area contributed by atoms with Crippen molar-refractivity contribution < 1.29 is 9.53 Å². The molecule has 0 bridgehead atoms. The van der Waals surface area contributed by atoms with Crippen molar-refractivity contribution in [3.05, 3.63) is 0 Å². The fraction of sp³-hybridized carbons (Fsp3) is 0.917. The summed E-state index contributed by atoms with van der Waals surface area (Å²) in [4.78, 5) is 11.5. The Labute approximate surface area is 92.4 Å². The molecule has 15 heavy (non-hydrogen) atoms. The van der Waals surface area contributed by atoms with Crippen molar-refractivity contribution in [2.45, 2.75) is 45.4 Å². The number of esters is 1. The van der Waals surface area contributed by atoms with Crippen LogP contribution in [0.2, 0.25) is 0 Å². The smallest absolute Gasteiger partial charge is 0.308 e. The van der Waals surface area contributed by atoms with Gasteiger partial charge in [0.15, 0.2) is 0 Å². The maximum atomic E-state index is 11.5. The molecule has 1 unspecified atom stereocenters. The molecule has 0 amide bonds. The van der Waals surface area contributed by atoms with Gasteiger partial charge >= 0.3 is 5.97 Å². The van der Waals surface area contributed by atoms with E-state index >= 15 is 0 Å². The zero-order valence-corrected chi connectivity index (χ0v) is 9.71. The standard InChI is InChI=1S/C12H23NO2/c1-10(4-3-8-13)12(14)15-9-7-11-5-2-6-11/h10-11H,2-9,13H2,1H3. The number of nitrogens with two attached hydrogens (primary N) is 1. The molecular weight excluding hydrogens is 190 g/mol. The summed E-state index contributed by atoms with van der Waals surface area (Å²) in [6.07, 6.45) is 6.79. The molecule has 1 fully saturated rings. The summed E-state index contributed by atoms with van der Waals surface area (Å²) in [7, 11) is 0. The third-order valence-electron chi connectivity index (χ3n) is 3.24. The molecule has 0 spiro atoms. The molecule has 1 aliphatic rings. The number of rotatable bonds is 7. The molecule has 0 aromatic carbocycles. The third-order valence-corrected chi connectivity index (χ3v) is 3.24. The van der Waals surface area contributed by atoms with Crippen molar-refractivity contribution in [2.24, 2.45) is 17.6 Å². The van der Waals surface area contributed by atoms with Gasteiger partial charge in [-0.25, -0.2) is 0 Å². The Kier molecular flexibility index (Phi) is 5.69. The molecule has 3 heteroatoms. The Morgan fingerprint density at radius 2 is 2.27 bits per heavy atom. The molecule has 0 heterocycles. The number of hydrogen-bond donors (Lipinski definition) is 1. The fourth-order valence-corrected chi connectivity index (χ4v) is 1.79. The van der Waals surface area contributed by atoms with Crippen LogP contribution in [-0.4, -0.2) is 19.1 Å². The first-order chi connectivity index (χ1) is 7.24. The number of hydrogen-bond acceptors (Lipinski definition) is 3. The van der Waals surface area contributed by atoms with E-state index in [4.69, 9.17) is 10.5 Å². The molecule has 0 aliphatic heterocycles. The van der Waals surface area contributed by atoms with E-state index in [1.807, 2.05) is 6.92 Å². The second-order valence-corrected chi connectivity index (χ2v) is 4.59. The van der Waals surface area contributed by atoms with Crippen molar-refractivity contribution >= 4 is 5.97 Å². The van der Waals surface area contributed by atoms with Crippen LogP contribution in [0.3, 0.4) is 0 Å². The summed E-state index contributed by atoms with van der Waals surface area (Å²) in [5.41, 5.74) is 5.39. The molecule has 2 N–H and O–H groups in total. The summed E-state index contributed by atoms with van der Waals surface area (Å²) in [5, 5.41) is 0. The molecule has 1 aliphatic carbocycles. The molecule has 1 rings (SSSR count). The van der Waals surface area contributed by atoms with Crippen LogP contribution in [0.4, 0.5) is 0 Å². The van der Waals surface area contributed by atoms with Crippen LogP contribution in [0.1, 0.15) is 45.4 Å². The Balaban J connectivity index is 2.00. The van der Waals surface area contributed by atoms with Gasteiger partial charge < -0.3 is 10.5 Å². The Morgan fingerprint density at radius 1 is 1.53 bits per heavy atom. The monoisotopic (exact) mass is 213 g/mol. The van der Waals surface area contributed by atoms with Crippen LogP contribution < -0.4 is 5.73 Å². The maximum Gasteiger partial charge on any atom is 0.308 e. The van der Waals surface area contributed by atoms with E-state index in [1.165, 1.54) is 19.3 Å². The van der Waals surface area contributed by atoms with E-state index < -0.39 is 0 Å². The second kappa shape index (κ2) is 6.83. The first-order valence-corrected chi connectivity index (χ1v) is 6.10. The van der Waals surface area contributed by atoms with Crippen LogP contribution in [0, 0.1) is 11.8 Å². The topological polar surface area (TPSA) is 52.3 Å². The minimum Gasteiger partial charge on any atom is -0.465 e. The zero-order valence-electron chi connectivity index (χ0n) is 9.71. The highest BCUT2D eigenvalue weighted by atomic mass is 16.5. The Morgan fingerprint density at radius 3 is 2.80 bits per heavy atom. The molecule has 1 saturated carbocycles. The van der Waals surface area contributed by atoms with Gasteiger partial charge in [-0.1, -0.05) is 26.2 Å². The SMILES string of the molecule is CC(CCCN)C(=O)OCCC1CCC1. The number of carbonyl (C=O) groups excluding carboxylic acids is 1. The predicted octanol–water partition coefficient (Wildman–Crippen LogP) is 2.09. The summed E-state index contributed by atoms with van der Waals surface area (Å²) >= 11 is 0. The highest BCUT2D eigenvalue weighted by molar-refractivity contribution is 5.71. The highest BCUT2D eigenvalue weighted by Crippen LogP contribution is 2.29. The van der Waals surface area contributed by atoms with Gasteiger partial charge in [0.1, 0.15) is 0 Å². The average molecular weight is 213 g/mol. The lowest BCUT2D eigenvalue weighted by Crippen LogP contribution is -2.19. The van der Waals surface area contributed by atoms with E-state index in [1.54, 1.807) is 0 Å². The van der Waals surface area contributed by atoms with Gasteiger partial charge in [-0.05, 0) is 31.7 Å². The van der Waals surface area contributed by atoms with Gasteiger partial charge in [0.05, 0.1) is 12.5 Å². The average Bonchev–Trinajstić information content (AvgIpc) is 2.17. The lowest BCUT2D eigenvalue weighted by molar-refractivity contribution is -0.148. The summed E-state index contributed by atoms with van der Waals surface area (Å²) in [6.45, 7) is 3.18. The Hall–Kier alpha value is -0.570. The summed E-state index contributed by atoms with van der Waals surface area (Å²) in [5.74, 6) is 0.773. The lowest BCUT2D eigenvalue weighted by Gasteiger charge is -2.25. The van der Waals surface area contributed by atoms with Gasteiger partial charge in [0, 0.05) is 0 Å². The van der Waals surface area contributed by atoms with Crippen molar-refractivity contribution in [1.29, 1.82) is 0 Å².